The van der Waals surface area contributed by atoms with Crippen LogP contribution in [0, 0.1) is 28.6 Å². The van der Waals surface area contributed by atoms with E-state index in [1.54, 1.807) is 20.8 Å². The van der Waals surface area contributed by atoms with E-state index in [2.05, 4.69) is 0 Å². The molecular formula is C25H31F3O5S. The molecule has 0 radical (unpaired) electrons. The van der Waals surface area contributed by atoms with Gasteiger partial charge in [-0.1, -0.05) is 26.8 Å². The van der Waals surface area contributed by atoms with Crippen molar-refractivity contribution < 1.29 is 37.4 Å². The van der Waals surface area contributed by atoms with Gasteiger partial charge in [0.05, 0.1) is 6.10 Å². The number of carbonyl (C=O) groups is 3. The molecule has 4 aliphatic rings. The fourth-order valence-electron chi connectivity index (χ4n) is 7.60. The van der Waals surface area contributed by atoms with Crippen LogP contribution in [-0.4, -0.2) is 45.4 Å². The molecule has 0 aromatic rings. The minimum Gasteiger partial charge on any atom is -0.449 e. The first-order valence-electron chi connectivity index (χ1n) is 11.8. The number of ketones is 1. The maximum atomic E-state index is 17.2. The Balaban J connectivity index is 1.89. The highest BCUT2D eigenvalue weighted by atomic mass is 32.2. The molecule has 8 atom stereocenters. The second kappa shape index (κ2) is 8.22. The Morgan fingerprint density at radius 3 is 2.59 bits per heavy atom. The number of fused-ring (bicyclic) bond motifs is 5. The van der Waals surface area contributed by atoms with Crippen LogP contribution in [0.3, 0.4) is 0 Å². The third-order valence-corrected chi connectivity index (χ3v) is 9.93. The number of alkyl halides is 2. The van der Waals surface area contributed by atoms with Gasteiger partial charge in [-0.25, -0.2) is 13.2 Å². The van der Waals surface area contributed by atoms with E-state index in [1.165, 1.54) is 19.1 Å². The highest BCUT2D eigenvalue weighted by molar-refractivity contribution is 8.13. The van der Waals surface area contributed by atoms with Gasteiger partial charge in [0.2, 0.25) is 5.12 Å². The minimum absolute atomic E-state index is 0.0144. The largest absolute Gasteiger partial charge is 0.449 e. The molecule has 0 aromatic heterocycles. The molecule has 5 nitrogen and oxygen atoms in total. The molecule has 2 fully saturated rings. The van der Waals surface area contributed by atoms with Gasteiger partial charge in [0.25, 0.3) is 0 Å². The predicted octanol–water partition coefficient (Wildman–Crippen LogP) is 4.78. The van der Waals surface area contributed by atoms with Gasteiger partial charge in [-0.2, -0.15) is 0 Å². The Labute approximate surface area is 201 Å². The Bertz CT molecular complexity index is 997. The van der Waals surface area contributed by atoms with Gasteiger partial charge in [-0.05, 0) is 49.1 Å². The highest BCUT2D eigenvalue weighted by Crippen LogP contribution is 2.72. The van der Waals surface area contributed by atoms with Crippen LogP contribution in [0.4, 0.5) is 13.2 Å². The fraction of sp³-hybridized carbons (Fsp3) is 0.720. The van der Waals surface area contributed by atoms with E-state index in [1.807, 2.05) is 0 Å². The van der Waals surface area contributed by atoms with Crippen LogP contribution >= 0.6 is 11.8 Å². The lowest BCUT2D eigenvalue weighted by molar-refractivity contribution is -0.223. The Kier molecular flexibility index (Phi) is 6.16. The normalized spacial score (nSPS) is 45.5. The van der Waals surface area contributed by atoms with Crippen molar-refractivity contribution >= 4 is 28.6 Å². The summed E-state index contributed by atoms with van der Waals surface area (Å²) in [5.41, 5.74) is -6.77. The zero-order valence-corrected chi connectivity index (χ0v) is 20.6. The van der Waals surface area contributed by atoms with Gasteiger partial charge in [-0.3, -0.25) is 14.4 Å². The summed E-state index contributed by atoms with van der Waals surface area (Å²) in [5, 5.41) is 10.7. The smallest absolute Gasteiger partial charge is 0.306 e. The number of carbonyl (C=O) groups excluding carboxylic acids is 3. The van der Waals surface area contributed by atoms with Crippen molar-refractivity contribution in [3.63, 3.8) is 0 Å². The monoisotopic (exact) mass is 500 g/mol. The molecule has 9 heteroatoms. The zero-order valence-electron chi connectivity index (χ0n) is 19.8. The van der Waals surface area contributed by atoms with Gasteiger partial charge in [0.15, 0.2) is 17.1 Å². The molecule has 4 aliphatic carbocycles. The first-order chi connectivity index (χ1) is 15.8. The van der Waals surface area contributed by atoms with Gasteiger partial charge >= 0.3 is 5.97 Å². The Morgan fingerprint density at radius 2 is 1.97 bits per heavy atom. The predicted molar refractivity (Wildman–Crippen MR) is 121 cm³/mol. The lowest BCUT2D eigenvalue weighted by atomic mass is 9.45. The number of aliphatic hydroxyl groups excluding tert-OH is 1. The molecular weight excluding hydrogens is 469 g/mol. The molecule has 0 saturated heterocycles. The number of halogens is 3. The Hall–Kier alpha value is -1.61. The molecule has 0 bridgehead atoms. The van der Waals surface area contributed by atoms with Crippen molar-refractivity contribution in [1.29, 1.82) is 0 Å². The number of allylic oxidation sites excluding steroid dienone is 4. The highest BCUT2D eigenvalue weighted by Gasteiger charge is 2.77. The molecule has 34 heavy (non-hydrogen) atoms. The van der Waals surface area contributed by atoms with Crippen molar-refractivity contribution in [3.05, 3.63) is 23.6 Å². The summed E-state index contributed by atoms with van der Waals surface area (Å²) in [5.74, 6) is -3.79. The summed E-state index contributed by atoms with van der Waals surface area (Å²) in [6.45, 7) is 6.46. The molecule has 188 valence electrons. The maximum Gasteiger partial charge on any atom is 0.306 e. The van der Waals surface area contributed by atoms with Crippen LogP contribution < -0.4 is 0 Å². The van der Waals surface area contributed by atoms with Crippen molar-refractivity contribution in [3.8, 4) is 0 Å². The number of ether oxygens (including phenoxy) is 1. The molecule has 4 rings (SSSR count). The number of aliphatic hydroxyl groups is 1. The lowest BCUT2D eigenvalue weighted by Crippen LogP contribution is -2.69. The number of esters is 1. The molecule has 0 heterocycles. The fourth-order valence-corrected chi connectivity index (χ4v) is 8.39. The van der Waals surface area contributed by atoms with Gasteiger partial charge in [0.1, 0.15) is 11.8 Å². The average Bonchev–Trinajstić information content (AvgIpc) is 2.99. The van der Waals surface area contributed by atoms with Crippen LogP contribution in [-0.2, 0) is 19.1 Å². The standard InChI is InChI=1S/C25H31F3O5S/c1-5-20(31)33-25(21(32)34-12-26)13(2)8-15-16-10-18(27)17-9-14(29)6-7-22(17,3)24(16,28)19(30)11-23(15,25)4/h6-7,13,15-16,19,30H,5,8-12H2,1-4H3/t13-,15+,16?,19+,22+,23+,24+,25+/m1/s1. The quantitative estimate of drug-likeness (QED) is 0.560. The molecule has 0 amide bonds. The van der Waals surface area contributed by atoms with E-state index in [4.69, 9.17) is 4.74 Å². The second-order valence-corrected chi connectivity index (χ2v) is 11.5. The van der Waals surface area contributed by atoms with E-state index in [-0.39, 0.29) is 43.5 Å². The van der Waals surface area contributed by atoms with E-state index in [0.717, 1.165) is 0 Å². The molecule has 0 aliphatic heterocycles. The maximum absolute atomic E-state index is 17.2. The van der Waals surface area contributed by atoms with E-state index in [9.17, 15) is 23.9 Å². The third-order valence-electron chi connectivity index (χ3n) is 9.25. The molecule has 1 N–H and O–H groups in total. The molecule has 0 aromatic carbocycles. The van der Waals surface area contributed by atoms with Crippen LogP contribution in [0.2, 0.25) is 0 Å². The number of hydrogen-bond donors (Lipinski definition) is 1. The second-order valence-electron chi connectivity index (χ2n) is 10.6. The average molecular weight is 501 g/mol. The van der Waals surface area contributed by atoms with Crippen LogP contribution in [0.1, 0.15) is 59.8 Å². The minimum atomic E-state index is -2.29. The summed E-state index contributed by atoms with van der Waals surface area (Å²) in [6.07, 6.45) is 0.414. The summed E-state index contributed by atoms with van der Waals surface area (Å²) in [7, 11) is 0. The van der Waals surface area contributed by atoms with E-state index >= 15 is 8.78 Å². The van der Waals surface area contributed by atoms with Crippen LogP contribution in [0.25, 0.3) is 0 Å². The number of thioether (sulfide) groups is 1. The lowest BCUT2D eigenvalue weighted by Gasteiger charge is -2.62. The van der Waals surface area contributed by atoms with Crippen LogP contribution in [0.15, 0.2) is 23.6 Å². The SMILES string of the molecule is CCC(=O)O[C@]1(C(=O)SCF)[C@H](C)C[C@H]2C3CC(F)=C4CC(=O)C=C[C@]4(C)[C@@]3(F)[C@@H](O)C[C@@]21C. The molecule has 0 spiro atoms. The third kappa shape index (κ3) is 3.01. The zero-order chi connectivity index (χ0) is 25.3. The van der Waals surface area contributed by atoms with Crippen molar-refractivity contribution in [2.45, 2.75) is 77.2 Å². The Morgan fingerprint density at radius 1 is 1.29 bits per heavy atom. The van der Waals surface area contributed by atoms with Crippen molar-refractivity contribution in [1.82, 2.24) is 0 Å². The first-order valence-corrected chi connectivity index (χ1v) is 12.7. The van der Waals surface area contributed by atoms with Gasteiger partial charge < -0.3 is 9.84 Å². The van der Waals surface area contributed by atoms with Crippen molar-refractivity contribution in [2.24, 2.45) is 28.6 Å². The summed E-state index contributed by atoms with van der Waals surface area (Å²) in [6, 6.07) is -1.02. The van der Waals surface area contributed by atoms with Crippen LogP contribution in [0.5, 0.6) is 0 Å². The first kappa shape index (κ1) is 25.5. The van der Waals surface area contributed by atoms with Gasteiger partial charge in [0, 0.05) is 41.9 Å². The number of rotatable bonds is 4. The number of hydrogen-bond acceptors (Lipinski definition) is 6. The van der Waals surface area contributed by atoms with Crippen molar-refractivity contribution in [2.75, 3.05) is 6.01 Å². The topological polar surface area (TPSA) is 80.7 Å². The molecule has 2 saturated carbocycles. The molecule has 1 unspecified atom stereocenters. The van der Waals surface area contributed by atoms with Gasteiger partial charge in [-0.15, -0.1) is 0 Å². The van der Waals surface area contributed by atoms with E-state index in [0.29, 0.717) is 11.8 Å². The van der Waals surface area contributed by atoms with E-state index < -0.39 is 68.9 Å². The summed E-state index contributed by atoms with van der Waals surface area (Å²) in [4.78, 5) is 37.8. The summed E-state index contributed by atoms with van der Waals surface area (Å²) < 4.78 is 51.8. The summed E-state index contributed by atoms with van der Waals surface area (Å²) >= 11 is 0.396.